The molecule has 1 atom stereocenters. The Morgan fingerprint density at radius 3 is 2.83 bits per heavy atom. The average molecular weight is 432 g/mol. The molecular weight excluding hydrogens is 414 g/mol. The minimum absolute atomic E-state index is 0.185. The first kappa shape index (κ1) is 19.5. The van der Waals surface area contributed by atoms with Crippen molar-refractivity contribution in [2.24, 2.45) is 0 Å². The van der Waals surface area contributed by atoms with E-state index in [0.29, 0.717) is 28.7 Å². The molecule has 0 aliphatic heterocycles. The van der Waals surface area contributed by atoms with E-state index in [4.69, 9.17) is 16.0 Å². The zero-order valence-electron chi connectivity index (χ0n) is 15.1. The van der Waals surface area contributed by atoms with E-state index in [0.717, 1.165) is 33.7 Å². The summed E-state index contributed by atoms with van der Waals surface area (Å²) in [4.78, 5) is 13.3. The number of benzene rings is 2. The van der Waals surface area contributed by atoms with E-state index in [9.17, 15) is 15.0 Å². The Labute approximate surface area is 174 Å². The molecule has 0 unspecified atom stereocenters. The highest BCUT2D eigenvalue weighted by Crippen LogP contribution is 2.30. The lowest BCUT2D eigenvalue weighted by molar-refractivity contribution is 0.173. The average Bonchev–Trinajstić information content (AvgIpc) is 3.23. The predicted octanol–water partition coefficient (Wildman–Crippen LogP) is 4.11. The van der Waals surface area contributed by atoms with Crippen molar-refractivity contribution >= 4 is 44.6 Å². The Morgan fingerprint density at radius 1 is 1.21 bits per heavy atom. The summed E-state index contributed by atoms with van der Waals surface area (Å²) in [6, 6.07) is 14.5. The Kier molecular flexibility index (Phi) is 5.59. The first-order valence-corrected chi connectivity index (χ1v) is 10.0. The topological polar surface area (TPSA) is 111 Å². The monoisotopic (exact) mass is 431 g/mol. The molecule has 0 radical (unpaired) electrons. The smallest absolute Gasteiger partial charge is 0.309 e. The molecule has 2 heterocycles. The van der Waals surface area contributed by atoms with Crippen LogP contribution in [0.1, 0.15) is 17.4 Å². The highest BCUT2D eigenvalue weighted by atomic mass is 35.5. The number of rotatable bonds is 7. The maximum atomic E-state index is 11.3. The number of H-pyrrole nitrogens is 1. The summed E-state index contributed by atoms with van der Waals surface area (Å²) in [5.74, 6) is 0.542. The molecule has 0 saturated carbocycles. The van der Waals surface area contributed by atoms with E-state index in [1.807, 2.05) is 24.3 Å². The van der Waals surface area contributed by atoms with Crippen LogP contribution in [0.4, 0.5) is 10.7 Å². The van der Waals surface area contributed by atoms with Gasteiger partial charge in [0, 0.05) is 22.6 Å². The molecule has 4 rings (SSSR count). The van der Waals surface area contributed by atoms with E-state index >= 15 is 0 Å². The number of aliphatic hydroxyl groups excluding tert-OH is 1. The first-order valence-electron chi connectivity index (χ1n) is 8.84. The van der Waals surface area contributed by atoms with Crippen LogP contribution in [0.2, 0.25) is 5.02 Å². The fourth-order valence-corrected chi connectivity index (χ4v) is 3.81. The highest BCUT2D eigenvalue weighted by molar-refractivity contribution is 7.13. The van der Waals surface area contributed by atoms with E-state index in [2.05, 4.69) is 15.6 Å². The second kappa shape index (κ2) is 8.30. The maximum absolute atomic E-state index is 11.3. The molecule has 4 aromatic rings. The minimum atomic E-state index is -0.671. The lowest BCUT2D eigenvalue weighted by atomic mass is 10.1. The van der Waals surface area contributed by atoms with Gasteiger partial charge in [-0.3, -0.25) is 9.78 Å². The Balaban J connectivity index is 1.40. The van der Waals surface area contributed by atoms with Crippen LogP contribution in [-0.4, -0.2) is 21.7 Å². The van der Waals surface area contributed by atoms with Crippen molar-refractivity contribution in [3.8, 4) is 5.88 Å². The molecule has 0 aliphatic carbocycles. The third kappa shape index (κ3) is 4.63. The Bertz CT molecular complexity index is 1200. The molecule has 150 valence electrons. The number of anilines is 2. The van der Waals surface area contributed by atoms with Crippen molar-refractivity contribution in [2.45, 2.75) is 12.6 Å². The largest absolute Gasteiger partial charge is 0.492 e. The van der Waals surface area contributed by atoms with Crippen LogP contribution >= 0.6 is 22.9 Å². The maximum Gasteiger partial charge on any atom is 0.309 e. The Morgan fingerprint density at radius 2 is 2.07 bits per heavy atom. The number of fused-ring (bicyclic) bond motifs is 1. The SMILES string of the molecule is O=c1[nH]c(O)c(Nc2ccc3oc(CNC[C@H](O)c4cccc(Cl)c4)cc3c2)s1. The summed E-state index contributed by atoms with van der Waals surface area (Å²) in [6.07, 6.45) is -0.671. The number of halogens is 1. The third-order valence-corrected chi connectivity index (χ3v) is 5.35. The van der Waals surface area contributed by atoms with Gasteiger partial charge in [-0.2, -0.15) is 0 Å². The summed E-state index contributed by atoms with van der Waals surface area (Å²) < 4.78 is 5.81. The number of thiazole rings is 1. The summed E-state index contributed by atoms with van der Waals surface area (Å²) in [5, 5.41) is 28.0. The quantitative estimate of drug-likeness (QED) is 0.301. The van der Waals surface area contributed by atoms with E-state index < -0.39 is 6.10 Å². The molecular formula is C20H18ClN3O4S. The molecule has 0 saturated heterocycles. The minimum Gasteiger partial charge on any atom is -0.492 e. The van der Waals surface area contributed by atoms with Gasteiger partial charge in [-0.25, -0.2) is 0 Å². The van der Waals surface area contributed by atoms with E-state index in [1.54, 1.807) is 24.3 Å². The third-order valence-electron chi connectivity index (χ3n) is 4.33. The number of nitrogens with one attached hydrogen (secondary N) is 3. The first-order chi connectivity index (χ1) is 14.0. The molecule has 7 nitrogen and oxygen atoms in total. The number of aromatic amines is 1. The normalized spacial score (nSPS) is 12.3. The molecule has 29 heavy (non-hydrogen) atoms. The van der Waals surface area contributed by atoms with Gasteiger partial charge >= 0.3 is 4.87 Å². The van der Waals surface area contributed by atoms with Gasteiger partial charge in [0.05, 0.1) is 12.6 Å². The zero-order valence-corrected chi connectivity index (χ0v) is 16.7. The fourth-order valence-electron chi connectivity index (χ4n) is 2.96. The molecule has 0 aliphatic rings. The molecule has 2 aromatic carbocycles. The van der Waals surface area contributed by atoms with Gasteiger partial charge < -0.3 is 25.3 Å². The lowest BCUT2D eigenvalue weighted by Gasteiger charge is -2.11. The number of hydrogen-bond donors (Lipinski definition) is 5. The van der Waals surface area contributed by atoms with Crippen molar-refractivity contribution in [1.29, 1.82) is 0 Å². The summed E-state index contributed by atoms with van der Waals surface area (Å²) in [7, 11) is 0. The summed E-state index contributed by atoms with van der Waals surface area (Å²) in [5.41, 5.74) is 2.19. The molecule has 5 N–H and O–H groups in total. The molecule has 0 spiro atoms. The van der Waals surface area contributed by atoms with Crippen LogP contribution in [0, 0.1) is 0 Å². The lowest BCUT2D eigenvalue weighted by Crippen LogP contribution is -2.20. The van der Waals surface area contributed by atoms with Crippen molar-refractivity contribution in [3.05, 3.63) is 74.5 Å². The predicted molar refractivity (Wildman–Crippen MR) is 114 cm³/mol. The standard InChI is InChI=1S/C20H18ClN3O4S/c21-13-3-1-2-11(6-13)16(25)10-22-9-15-8-12-7-14(4-5-17(12)28-15)23-19-18(26)24-20(27)29-19/h1-8,16,22-23,25-26H,9-10H2,(H,24,27)/t16-/m0/s1. The van der Waals surface area contributed by atoms with Crippen LogP contribution in [-0.2, 0) is 6.54 Å². The van der Waals surface area contributed by atoms with Gasteiger partial charge in [-0.15, -0.1) is 0 Å². The number of aromatic nitrogens is 1. The van der Waals surface area contributed by atoms with Crippen molar-refractivity contribution in [3.63, 3.8) is 0 Å². The Hall–Kier alpha value is -2.78. The van der Waals surface area contributed by atoms with Crippen LogP contribution < -0.4 is 15.5 Å². The van der Waals surface area contributed by atoms with Crippen LogP contribution in [0.3, 0.4) is 0 Å². The second-order valence-corrected chi connectivity index (χ2v) is 7.90. The van der Waals surface area contributed by atoms with Gasteiger partial charge in [-0.05, 0) is 42.0 Å². The fraction of sp³-hybridized carbons (Fsp3) is 0.150. The molecule has 9 heteroatoms. The number of hydrogen-bond acceptors (Lipinski definition) is 7. The van der Waals surface area contributed by atoms with Crippen molar-refractivity contribution < 1.29 is 14.6 Å². The van der Waals surface area contributed by atoms with Gasteiger partial charge in [-0.1, -0.05) is 35.1 Å². The van der Waals surface area contributed by atoms with E-state index in [-0.39, 0.29) is 10.8 Å². The van der Waals surface area contributed by atoms with Crippen LogP contribution in [0.15, 0.2) is 57.7 Å². The van der Waals surface area contributed by atoms with E-state index in [1.165, 1.54) is 0 Å². The molecule has 0 bridgehead atoms. The highest BCUT2D eigenvalue weighted by Gasteiger charge is 2.11. The summed E-state index contributed by atoms with van der Waals surface area (Å²) in [6.45, 7) is 0.811. The van der Waals surface area contributed by atoms with Crippen LogP contribution in [0.5, 0.6) is 5.88 Å². The zero-order chi connectivity index (χ0) is 20.4. The second-order valence-electron chi connectivity index (χ2n) is 6.48. The summed E-state index contributed by atoms with van der Waals surface area (Å²) >= 11 is 6.85. The molecule has 0 fully saturated rings. The van der Waals surface area contributed by atoms with Crippen molar-refractivity contribution in [2.75, 3.05) is 11.9 Å². The number of furan rings is 1. The van der Waals surface area contributed by atoms with Crippen molar-refractivity contribution in [1.82, 2.24) is 10.3 Å². The van der Waals surface area contributed by atoms with Gasteiger partial charge in [0.1, 0.15) is 11.3 Å². The molecule has 2 aromatic heterocycles. The number of aliphatic hydroxyl groups is 1. The van der Waals surface area contributed by atoms with Gasteiger partial charge in [0.2, 0.25) is 5.88 Å². The number of aromatic hydroxyl groups is 1. The van der Waals surface area contributed by atoms with Gasteiger partial charge in [0.15, 0.2) is 5.00 Å². The van der Waals surface area contributed by atoms with Crippen LogP contribution in [0.25, 0.3) is 11.0 Å². The van der Waals surface area contributed by atoms with Gasteiger partial charge in [0.25, 0.3) is 0 Å². The molecule has 0 amide bonds.